The number of benzene rings is 5. The molecule has 0 fully saturated rings. The molecule has 10 rings (SSSR count). The number of rotatable bonds is 4. The average Bonchev–Trinajstić information content (AvgIpc) is 3.84. The molecule has 5 aromatic carbocycles. The average molecular weight is 661 g/mol. The van der Waals surface area contributed by atoms with E-state index >= 15 is 0 Å². The van der Waals surface area contributed by atoms with Crippen molar-refractivity contribution in [3.05, 3.63) is 144 Å². The maximum absolute atomic E-state index is 6.64. The van der Waals surface area contributed by atoms with Crippen LogP contribution in [0.25, 0.3) is 77.2 Å². The van der Waals surface area contributed by atoms with Crippen LogP contribution in [0.5, 0.6) is 11.5 Å². The third-order valence-electron chi connectivity index (χ3n) is 10.3. The summed E-state index contributed by atoms with van der Waals surface area (Å²) < 4.78 is 10.8. The predicted molar refractivity (Wildman–Crippen MR) is 206 cm³/mol. The molecule has 244 valence electrons. The molecule has 10 aromatic rings. The van der Waals surface area contributed by atoms with Crippen molar-refractivity contribution in [2.75, 3.05) is 0 Å². The molecule has 5 heterocycles. The first-order valence-corrected chi connectivity index (χ1v) is 17.1. The first-order chi connectivity index (χ1) is 25.0. The summed E-state index contributed by atoms with van der Waals surface area (Å²) in [6, 6.07) is 30.2. The van der Waals surface area contributed by atoms with Crippen LogP contribution < -0.4 is 4.74 Å². The van der Waals surface area contributed by atoms with Crippen molar-refractivity contribution < 1.29 is 4.74 Å². The maximum atomic E-state index is 6.64. The SMILES string of the molecule is Cc1cccc(C)c1-c1ccc2c(c1-c1c(C)cccc1C)c1ccc(Oc3ccc4c(c3)c3nccn3c3nccnc43)cc1c1nccn21. The fourth-order valence-corrected chi connectivity index (χ4v) is 8.15. The summed E-state index contributed by atoms with van der Waals surface area (Å²) in [5.41, 5.74) is 14.4. The Morgan fingerprint density at radius 1 is 0.471 bits per heavy atom. The van der Waals surface area contributed by atoms with Gasteiger partial charge < -0.3 is 4.74 Å². The normalized spacial score (nSPS) is 11.9. The number of aryl methyl sites for hydroxylation is 4. The van der Waals surface area contributed by atoms with Gasteiger partial charge >= 0.3 is 0 Å². The van der Waals surface area contributed by atoms with Gasteiger partial charge in [0.25, 0.3) is 0 Å². The van der Waals surface area contributed by atoms with Gasteiger partial charge in [0.05, 0.1) is 5.52 Å². The Labute approximate surface area is 293 Å². The van der Waals surface area contributed by atoms with Crippen LogP contribution in [-0.4, -0.2) is 28.7 Å². The van der Waals surface area contributed by atoms with Crippen LogP contribution in [0.15, 0.2) is 122 Å². The Morgan fingerprint density at radius 3 is 1.75 bits per heavy atom. The molecule has 7 heteroatoms. The fourth-order valence-electron chi connectivity index (χ4n) is 8.15. The second-order valence-electron chi connectivity index (χ2n) is 13.4. The molecule has 0 saturated heterocycles. The zero-order valence-corrected chi connectivity index (χ0v) is 28.6. The number of hydrogen-bond acceptors (Lipinski definition) is 5. The highest BCUT2D eigenvalue weighted by atomic mass is 16.5. The molecule has 0 radical (unpaired) electrons. The minimum Gasteiger partial charge on any atom is -0.457 e. The molecular formula is C44H32N6O. The highest BCUT2D eigenvalue weighted by Gasteiger charge is 2.22. The molecule has 0 aliphatic carbocycles. The minimum absolute atomic E-state index is 0.712. The lowest BCUT2D eigenvalue weighted by Gasteiger charge is -2.22. The third-order valence-corrected chi connectivity index (χ3v) is 10.3. The first kappa shape index (κ1) is 29.3. The fraction of sp³-hybridized carbons (Fsp3) is 0.0909. The van der Waals surface area contributed by atoms with Crippen LogP contribution in [0.4, 0.5) is 0 Å². The van der Waals surface area contributed by atoms with Gasteiger partial charge in [0.1, 0.15) is 28.3 Å². The lowest BCUT2D eigenvalue weighted by molar-refractivity contribution is 0.484. The third kappa shape index (κ3) is 4.31. The first-order valence-electron chi connectivity index (χ1n) is 17.1. The molecule has 0 bridgehead atoms. The summed E-state index contributed by atoms with van der Waals surface area (Å²) in [7, 11) is 0. The second kappa shape index (κ2) is 11.0. The van der Waals surface area contributed by atoms with E-state index in [-0.39, 0.29) is 0 Å². The van der Waals surface area contributed by atoms with Gasteiger partial charge in [0.15, 0.2) is 5.65 Å². The lowest BCUT2D eigenvalue weighted by Crippen LogP contribution is -1.99. The largest absolute Gasteiger partial charge is 0.457 e. The van der Waals surface area contributed by atoms with Gasteiger partial charge in [-0.3, -0.25) is 13.8 Å². The van der Waals surface area contributed by atoms with Crippen molar-refractivity contribution in [2.24, 2.45) is 0 Å². The Hall–Kier alpha value is -6.60. The zero-order valence-electron chi connectivity index (χ0n) is 28.6. The maximum Gasteiger partial charge on any atom is 0.165 e. The standard InChI is InChI=1S/C44H32N6O/c1-25-7-5-8-26(2)37(25)33-15-16-36-39(40(33)38-27(3)9-6-10-28(38)4)31-13-11-29(23-34(31)42-47-19-21-49(36)42)51-30-12-14-32-35(24-30)43-48-20-22-50(43)44-41(32)45-17-18-46-44/h5-24H,1-4H3. The van der Waals surface area contributed by atoms with E-state index in [0.717, 1.165) is 55.3 Å². The van der Waals surface area contributed by atoms with Gasteiger partial charge in [0, 0.05) is 64.3 Å². The van der Waals surface area contributed by atoms with Crippen molar-refractivity contribution in [1.82, 2.24) is 28.7 Å². The van der Waals surface area contributed by atoms with E-state index in [2.05, 4.69) is 120 Å². The van der Waals surface area contributed by atoms with Gasteiger partial charge in [-0.25, -0.2) is 15.0 Å². The Morgan fingerprint density at radius 2 is 1.04 bits per heavy atom. The number of fused-ring (bicyclic) bond motifs is 12. The van der Waals surface area contributed by atoms with Gasteiger partial charge in [-0.1, -0.05) is 42.5 Å². The van der Waals surface area contributed by atoms with Crippen LogP contribution in [0, 0.1) is 27.7 Å². The summed E-state index contributed by atoms with van der Waals surface area (Å²) in [6.07, 6.45) is 11.1. The van der Waals surface area contributed by atoms with Crippen molar-refractivity contribution in [3.8, 4) is 33.8 Å². The summed E-state index contributed by atoms with van der Waals surface area (Å²) in [4.78, 5) is 18.8. The molecule has 5 aromatic heterocycles. The van der Waals surface area contributed by atoms with E-state index in [9.17, 15) is 0 Å². The van der Waals surface area contributed by atoms with Crippen LogP contribution >= 0.6 is 0 Å². The second-order valence-corrected chi connectivity index (χ2v) is 13.4. The highest BCUT2D eigenvalue weighted by Crippen LogP contribution is 2.46. The van der Waals surface area contributed by atoms with E-state index in [1.54, 1.807) is 18.6 Å². The summed E-state index contributed by atoms with van der Waals surface area (Å²) in [5.74, 6) is 1.44. The van der Waals surface area contributed by atoms with Crippen LogP contribution in [0.1, 0.15) is 22.3 Å². The number of aromatic nitrogens is 6. The number of nitrogens with zero attached hydrogens (tertiary/aromatic N) is 6. The van der Waals surface area contributed by atoms with E-state index in [4.69, 9.17) is 9.72 Å². The minimum atomic E-state index is 0.712. The van der Waals surface area contributed by atoms with Crippen molar-refractivity contribution >= 4 is 54.9 Å². The molecule has 0 N–H and O–H groups in total. The van der Waals surface area contributed by atoms with Gasteiger partial charge in [-0.15, -0.1) is 0 Å². The quantitative estimate of drug-likeness (QED) is 0.176. The van der Waals surface area contributed by atoms with Crippen molar-refractivity contribution in [2.45, 2.75) is 27.7 Å². The molecular weight excluding hydrogens is 629 g/mol. The molecule has 0 saturated carbocycles. The van der Waals surface area contributed by atoms with Crippen LogP contribution in [0.2, 0.25) is 0 Å². The Bertz CT molecular complexity index is 3020. The smallest absolute Gasteiger partial charge is 0.165 e. The number of pyridine rings is 2. The van der Waals surface area contributed by atoms with E-state index < -0.39 is 0 Å². The highest BCUT2D eigenvalue weighted by molar-refractivity contribution is 6.20. The lowest BCUT2D eigenvalue weighted by atomic mass is 9.83. The summed E-state index contributed by atoms with van der Waals surface area (Å²) in [5, 5.41) is 5.27. The van der Waals surface area contributed by atoms with Crippen molar-refractivity contribution in [3.63, 3.8) is 0 Å². The topological polar surface area (TPSA) is 69.6 Å². The summed E-state index contributed by atoms with van der Waals surface area (Å²) >= 11 is 0. The number of hydrogen-bond donors (Lipinski definition) is 0. The number of imidazole rings is 2. The number of ether oxygens (including phenoxy) is 1. The molecule has 0 unspecified atom stereocenters. The Kier molecular flexibility index (Phi) is 6.30. The Balaban J connectivity index is 1.22. The molecule has 0 atom stereocenters. The molecule has 0 aliphatic heterocycles. The van der Waals surface area contributed by atoms with Gasteiger partial charge in [0.2, 0.25) is 0 Å². The molecule has 51 heavy (non-hydrogen) atoms. The predicted octanol–water partition coefficient (Wildman–Crippen LogP) is 10.7. The summed E-state index contributed by atoms with van der Waals surface area (Å²) in [6.45, 7) is 8.86. The molecule has 0 spiro atoms. The van der Waals surface area contributed by atoms with Crippen LogP contribution in [-0.2, 0) is 0 Å². The van der Waals surface area contributed by atoms with E-state index in [1.807, 2.05) is 35.0 Å². The van der Waals surface area contributed by atoms with E-state index in [1.165, 1.54) is 49.9 Å². The molecule has 0 amide bonds. The van der Waals surface area contributed by atoms with Gasteiger partial charge in [-0.2, -0.15) is 0 Å². The van der Waals surface area contributed by atoms with E-state index in [0.29, 0.717) is 5.75 Å². The monoisotopic (exact) mass is 660 g/mol. The van der Waals surface area contributed by atoms with Gasteiger partial charge in [-0.05, 0) is 114 Å². The molecule has 7 nitrogen and oxygen atoms in total. The molecule has 0 aliphatic rings. The van der Waals surface area contributed by atoms with Crippen LogP contribution in [0.3, 0.4) is 0 Å². The van der Waals surface area contributed by atoms with Crippen molar-refractivity contribution in [1.29, 1.82) is 0 Å². The zero-order chi connectivity index (χ0) is 34.4.